The predicted octanol–water partition coefficient (Wildman–Crippen LogP) is 5.72. The van der Waals surface area contributed by atoms with Crippen molar-refractivity contribution in [3.8, 4) is 27.7 Å². The van der Waals surface area contributed by atoms with E-state index in [0.29, 0.717) is 43.2 Å². The van der Waals surface area contributed by atoms with Crippen LogP contribution in [0.2, 0.25) is 0 Å². The van der Waals surface area contributed by atoms with E-state index in [4.69, 9.17) is 20.2 Å². The molecule has 1 aliphatic heterocycles. The highest BCUT2D eigenvalue weighted by atomic mass is 32.1. The minimum absolute atomic E-state index is 0.0347. The normalized spacial score (nSPS) is 16.1. The molecule has 1 aromatic carbocycles. The number of thiazole rings is 1. The lowest BCUT2D eigenvalue weighted by Gasteiger charge is -2.28. The van der Waals surface area contributed by atoms with Gasteiger partial charge in [-0.25, -0.2) is 14.8 Å². The number of pyridine rings is 1. The Balaban J connectivity index is 1.46. The standard InChI is InChI=1S/C32H35N5O4S/c1-3-29(39)41-28-18-24(21-7-5-4-6-8-21)30(37(28)19-27(38)36-13-15-40-16-14-36)23-10-11-25-22(17-23)9-12-26(35-25)31-20(2)34-32(33)42-31/h3,9-12,17-18,21H,1,4-8,13-16,19H2,2H3,(H2,33,34). The fraction of sp³-hybridized carbons (Fsp3) is 0.375. The molecule has 0 bridgehead atoms. The van der Waals surface area contributed by atoms with Crippen LogP contribution in [0.15, 0.2) is 49.1 Å². The second kappa shape index (κ2) is 12.1. The summed E-state index contributed by atoms with van der Waals surface area (Å²) in [6.07, 6.45) is 6.78. The van der Waals surface area contributed by atoms with E-state index in [1.165, 1.54) is 17.8 Å². The molecule has 1 saturated carbocycles. The predicted molar refractivity (Wildman–Crippen MR) is 164 cm³/mol. The number of rotatable bonds is 7. The van der Waals surface area contributed by atoms with Crippen molar-refractivity contribution in [1.82, 2.24) is 19.4 Å². The molecule has 6 rings (SSSR count). The number of carbonyl (C=O) groups excluding carboxylic acids is 2. The Morgan fingerprint density at radius 2 is 1.90 bits per heavy atom. The van der Waals surface area contributed by atoms with Crippen molar-refractivity contribution in [1.29, 1.82) is 0 Å². The Morgan fingerprint density at radius 1 is 1.12 bits per heavy atom. The third-order valence-electron chi connectivity index (χ3n) is 8.17. The van der Waals surface area contributed by atoms with Crippen molar-refractivity contribution in [2.45, 2.75) is 51.5 Å². The van der Waals surface area contributed by atoms with E-state index in [1.807, 2.05) is 40.7 Å². The van der Waals surface area contributed by atoms with Gasteiger partial charge >= 0.3 is 5.97 Å². The van der Waals surface area contributed by atoms with Crippen LogP contribution in [0, 0.1) is 6.92 Å². The van der Waals surface area contributed by atoms with E-state index >= 15 is 0 Å². The van der Waals surface area contributed by atoms with Gasteiger partial charge in [-0.15, -0.1) is 0 Å². The summed E-state index contributed by atoms with van der Waals surface area (Å²) >= 11 is 1.43. The summed E-state index contributed by atoms with van der Waals surface area (Å²) in [6.45, 7) is 7.69. The number of esters is 1. The smallest absolute Gasteiger partial charge is 0.336 e. The summed E-state index contributed by atoms with van der Waals surface area (Å²) in [4.78, 5) is 38.0. The zero-order valence-electron chi connectivity index (χ0n) is 23.8. The van der Waals surface area contributed by atoms with Gasteiger partial charge in [0, 0.05) is 30.6 Å². The molecule has 9 nitrogen and oxygen atoms in total. The molecule has 0 atom stereocenters. The average Bonchev–Trinajstić information content (AvgIpc) is 3.55. The first-order valence-electron chi connectivity index (χ1n) is 14.5. The largest absolute Gasteiger partial charge is 0.406 e. The number of aryl methyl sites for hydroxylation is 1. The number of hydrogen-bond donors (Lipinski definition) is 1. The number of anilines is 1. The first-order chi connectivity index (χ1) is 20.4. The van der Waals surface area contributed by atoms with Gasteiger partial charge in [-0.2, -0.15) is 0 Å². The van der Waals surface area contributed by atoms with Crippen molar-refractivity contribution in [3.05, 3.63) is 60.3 Å². The number of nitrogen functional groups attached to an aromatic ring is 1. The molecule has 42 heavy (non-hydrogen) atoms. The highest BCUT2D eigenvalue weighted by molar-refractivity contribution is 7.18. The number of hydrogen-bond acceptors (Lipinski definition) is 8. The molecule has 1 amide bonds. The van der Waals surface area contributed by atoms with E-state index in [2.05, 4.69) is 23.7 Å². The third-order valence-corrected chi connectivity index (χ3v) is 9.18. The molecule has 1 saturated heterocycles. The number of fused-ring (bicyclic) bond motifs is 1. The van der Waals surface area contributed by atoms with Crippen LogP contribution in [0.3, 0.4) is 0 Å². The van der Waals surface area contributed by atoms with E-state index < -0.39 is 5.97 Å². The quantitative estimate of drug-likeness (QED) is 0.218. The van der Waals surface area contributed by atoms with Crippen LogP contribution in [0.5, 0.6) is 5.88 Å². The van der Waals surface area contributed by atoms with Gasteiger partial charge in [0.2, 0.25) is 11.8 Å². The molecule has 2 fully saturated rings. The van der Waals surface area contributed by atoms with E-state index in [0.717, 1.165) is 75.7 Å². The number of nitrogens with two attached hydrogens (primary N) is 1. The maximum absolute atomic E-state index is 13.5. The van der Waals surface area contributed by atoms with E-state index in [1.54, 1.807) is 0 Å². The molecule has 3 aromatic heterocycles. The summed E-state index contributed by atoms with van der Waals surface area (Å²) in [5.74, 6) is 0.0886. The summed E-state index contributed by atoms with van der Waals surface area (Å²) in [6, 6.07) is 12.2. The monoisotopic (exact) mass is 585 g/mol. The SMILES string of the molecule is C=CC(=O)Oc1cc(C2CCCCC2)c(-c2ccc3nc(-c4sc(N)nc4C)ccc3c2)n1CC(=O)N1CCOCC1. The fourth-order valence-corrected chi connectivity index (χ4v) is 6.88. The number of morpholine rings is 1. The Kier molecular flexibility index (Phi) is 8.08. The number of benzene rings is 1. The highest BCUT2D eigenvalue weighted by Gasteiger charge is 2.28. The van der Waals surface area contributed by atoms with Gasteiger partial charge in [0.05, 0.1) is 40.7 Å². The molecule has 2 N–H and O–H groups in total. The van der Waals surface area contributed by atoms with Gasteiger partial charge in [-0.05, 0) is 55.0 Å². The summed E-state index contributed by atoms with van der Waals surface area (Å²) in [7, 11) is 0. The molecular formula is C32H35N5O4S. The molecule has 0 unspecified atom stereocenters. The van der Waals surface area contributed by atoms with Crippen molar-refractivity contribution in [2.24, 2.45) is 0 Å². The van der Waals surface area contributed by atoms with Crippen molar-refractivity contribution < 1.29 is 19.1 Å². The van der Waals surface area contributed by atoms with Gasteiger partial charge in [-0.1, -0.05) is 49.3 Å². The van der Waals surface area contributed by atoms with Crippen LogP contribution in [-0.2, 0) is 20.9 Å². The van der Waals surface area contributed by atoms with Crippen LogP contribution in [-0.4, -0.2) is 57.6 Å². The first kappa shape index (κ1) is 28.1. The number of ether oxygens (including phenoxy) is 2. The Morgan fingerprint density at radius 3 is 2.62 bits per heavy atom. The molecule has 0 spiro atoms. The first-order valence-corrected chi connectivity index (χ1v) is 15.3. The maximum atomic E-state index is 13.5. The van der Waals surface area contributed by atoms with Crippen LogP contribution < -0.4 is 10.5 Å². The molecule has 0 radical (unpaired) electrons. The molecule has 218 valence electrons. The zero-order chi connectivity index (χ0) is 29.2. The lowest BCUT2D eigenvalue weighted by Crippen LogP contribution is -2.42. The number of amides is 1. The minimum Gasteiger partial charge on any atom is -0.406 e. The average molecular weight is 586 g/mol. The van der Waals surface area contributed by atoms with Gasteiger partial charge in [-0.3, -0.25) is 4.79 Å². The van der Waals surface area contributed by atoms with Gasteiger partial charge in [0.25, 0.3) is 0 Å². The molecule has 1 aliphatic carbocycles. The summed E-state index contributed by atoms with van der Waals surface area (Å²) in [5, 5.41) is 1.49. The van der Waals surface area contributed by atoms with Gasteiger partial charge < -0.3 is 24.7 Å². The number of carbonyl (C=O) groups is 2. The topological polar surface area (TPSA) is 113 Å². The summed E-state index contributed by atoms with van der Waals surface area (Å²) < 4.78 is 13.1. The molecular weight excluding hydrogens is 550 g/mol. The molecule has 4 aromatic rings. The molecule has 10 heteroatoms. The van der Waals surface area contributed by atoms with Crippen molar-refractivity contribution >= 4 is 39.2 Å². The second-order valence-electron chi connectivity index (χ2n) is 10.9. The van der Waals surface area contributed by atoms with E-state index in [-0.39, 0.29) is 12.5 Å². The van der Waals surface area contributed by atoms with Crippen LogP contribution in [0.1, 0.15) is 49.3 Å². The maximum Gasteiger partial charge on any atom is 0.336 e. The summed E-state index contributed by atoms with van der Waals surface area (Å²) in [5.41, 5.74) is 11.5. The van der Waals surface area contributed by atoms with Crippen LogP contribution in [0.25, 0.3) is 32.7 Å². The number of aromatic nitrogens is 3. The zero-order valence-corrected chi connectivity index (χ0v) is 24.6. The highest BCUT2D eigenvalue weighted by Crippen LogP contribution is 2.43. The minimum atomic E-state index is -0.552. The fourth-order valence-electron chi connectivity index (χ4n) is 6.08. The van der Waals surface area contributed by atoms with Crippen LogP contribution >= 0.6 is 11.3 Å². The van der Waals surface area contributed by atoms with Gasteiger partial charge in [0.15, 0.2) is 5.13 Å². The Bertz CT molecular complexity index is 1650. The van der Waals surface area contributed by atoms with Crippen molar-refractivity contribution in [3.63, 3.8) is 0 Å². The molecule has 4 heterocycles. The second-order valence-corrected chi connectivity index (χ2v) is 11.9. The lowest BCUT2D eigenvalue weighted by molar-refractivity contribution is -0.136. The van der Waals surface area contributed by atoms with Gasteiger partial charge in [0.1, 0.15) is 6.54 Å². The Labute approximate surface area is 249 Å². The lowest BCUT2D eigenvalue weighted by atomic mass is 9.83. The molecule has 2 aliphatic rings. The van der Waals surface area contributed by atoms with Crippen LogP contribution in [0.4, 0.5) is 5.13 Å². The number of nitrogens with zero attached hydrogens (tertiary/aromatic N) is 4. The van der Waals surface area contributed by atoms with E-state index in [9.17, 15) is 9.59 Å². The van der Waals surface area contributed by atoms with Crippen molar-refractivity contribution in [2.75, 3.05) is 32.0 Å². The Hall–Kier alpha value is -4.02. The third kappa shape index (κ3) is 5.69.